The Balaban J connectivity index is 0. The van der Waals surface area contributed by atoms with E-state index in [9.17, 15) is 9.59 Å². The molecule has 0 amide bonds. The molecule has 1 aromatic carbocycles. The number of carbonyl (C=O) groups is 2. The molecule has 4 nitrogen and oxygen atoms in total. The van der Waals surface area contributed by atoms with E-state index in [4.69, 9.17) is 0 Å². The van der Waals surface area contributed by atoms with E-state index in [1.807, 2.05) is 0 Å². The lowest BCUT2D eigenvalue weighted by Gasteiger charge is -2.04. The topological polar surface area (TPSA) is 52.6 Å². The lowest BCUT2D eigenvalue weighted by molar-refractivity contribution is 0.0555. The van der Waals surface area contributed by atoms with Gasteiger partial charge in [-0.05, 0) is 12.1 Å². The second-order valence-electron chi connectivity index (χ2n) is 2.53. The first kappa shape index (κ1) is 17.7. The normalized spacial score (nSPS) is 7.44. The molecule has 0 bridgehead atoms. The number of carbonyl (C=O) groups excluding carboxylic acids is 2. The van der Waals surface area contributed by atoms with Crippen molar-refractivity contribution in [3.63, 3.8) is 0 Å². The number of rotatable bonds is 2. The van der Waals surface area contributed by atoms with Crippen LogP contribution in [0.2, 0.25) is 0 Å². The van der Waals surface area contributed by atoms with Gasteiger partial charge in [-0.3, -0.25) is 0 Å². The van der Waals surface area contributed by atoms with Gasteiger partial charge in [0.2, 0.25) is 0 Å². The average Bonchev–Trinajstić information content (AvgIpc) is 2.49. The zero-order valence-corrected chi connectivity index (χ0v) is 10.3. The van der Waals surface area contributed by atoms with Crippen LogP contribution in [0.15, 0.2) is 24.3 Å². The summed E-state index contributed by atoms with van der Waals surface area (Å²) in [5.41, 5.74) is 0.420. The number of benzene rings is 1. The molecule has 0 radical (unpaired) electrons. The third-order valence-corrected chi connectivity index (χ3v) is 1.74. The molecule has 0 aliphatic carbocycles. The summed E-state index contributed by atoms with van der Waals surface area (Å²) in [7, 11) is 2.52. The number of methoxy groups -OCH3 is 2. The van der Waals surface area contributed by atoms with Crippen LogP contribution in [0.5, 0.6) is 0 Å². The summed E-state index contributed by atoms with van der Waals surface area (Å²) < 4.78 is 9.05. The summed E-state index contributed by atoms with van der Waals surface area (Å²) in [6.07, 6.45) is 16.0. The van der Waals surface area contributed by atoms with Crippen molar-refractivity contribution in [1.82, 2.24) is 0 Å². The molecule has 1 aromatic rings. The molecule has 0 aliphatic heterocycles. The second kappa shape index (κ2) is 10.8. The molecule has 0 unspecified atom stereocenters. The summed E-state index contributed by atoms with van der Waals surface area (Å²) in [6.45, 7) is 0. The quantitative estimate of drug-likeness (QED) is 0.589. The molecule has 0 N–H and O–H groups in total. The van der Waals surface area contributed by atoms with Gasteiger partial charge in [0.05, 0.1) is 25.3 Å². The Morgan fingerprint density at radius 1 is 0.833 bits per heavy atom. The van der Waals surface area contributed by atoms with E-state index in [0.717, 1.165) is 0 Å². The fourth-order valence-electron chi connectivity index (χ4n) is 1.06. The molecule has 0 atom stereocenters. The van der Waals surface area contributed by atoms with E-state index in [0.29, 0.717) is 0 Å². The highest BCUT2D eigenvalue weighted by Gasteiger charge is 2.16. The predicted octanol–water partition coefficient (Wildman–Crippen LogP) is 1.76. The van der Waals surface area contributed by atoms with Gasteiger partial charge in [0.15, 0.2) is 0 Å². The Labute approximate surface area is 107 Å². The zero-order valence-electron chi connectivity index (χ0n) is 10.3. The molecule has 18 heavy (non-hydrogen) atoms. The highest BCUT2D eigenvalue weighted by atomic mass is 16.5. The first-order chi connectivity index (χ1) is 8.70. The molecule has 94 valence electrons. The summed E-state index contributed by atoms with van der Waals surface area (Å²) in [5.74, 6) is -1.10. The molecule has 4 heteroatoms. The standard InChI is InChI=1S/C10H10O4.2C2H2/c1-13-9(11)7-5-3-4-6-8(7)10(12)14-2;2*1-2/h3-6H,1-2H3;2*1-2H. The lowest BCUT2D eigenvalue weighted by atomic mass is 10.1. The largest absolute Gasteiger partial charge is 0.465 e. The van der Waals surface area contributed by atoms with Crippen molar-refractivity contribution in [1.29, 1.82) is 0 Å². The van der Waals surface area contributed by atoms with Crippen molar-refractivity contribution in [2.75, 3.05) is 14.2 Å². The van der Waals surface area contributed by atoms with E-state index < -0.39 is 11.9 Å². The van der Waals surface area contributed by atoms with Gasteiger partial charge >= 0.3 is 11.9 Å². The maximum absolute atomic E-state index is 11.2. The number of terminal acetylenes is 2. The molecular weight excluding hydrogens is 232 g/mol. The number of hydrogen-bond acceptors (Lipinski definition) is 4. The minimum atomic E-state index is -0.550. The maximum Gasteiger partial charge on any atom is 0.338 e. The van der Waals surface area contributed by atoms with Crippen molar-refractivity contribution < 1.29 is 19.1 Å². The van der Waals surface area contributed by atoms with Gasteiger partial charge in [0.1, 0.15) is 0 Å². The Morgan fingerprint density at radius 3 is 1.33 bits per heavy atom. The molecule has 0 saturated heterocycles. The third-order valence-electron chi connectivity index (χ3n) is 1.74. The van der Waals surface area contributed by atoms with E-state index in [-0.39, 0.29) is 11.1 Å². The molecule has 0 aromatic heterocycles. The maximum atomic E-state index is 11.2. The van der Waals surface area contributed by atoms with Gasteiger partial charge < -0.3 is 9.47 Å². The van der Waals surface area contributed by atoms with Crippen LogP contribution in [-0.2, 0) is 9.47 Å². The Hall–Kier alpha value is -2.72. The fraction of sp³-hybridized carbons (Fsp3) is 0.143. The Kier molecular flexibility index (Phi) is 10.6. The smallest absolute Gasteiger partial charge is 0.338 e. The zero-order chi connectivity index (χ0) is 14.6. The monoisotopic (exact) mass is 246 g/mol. The van der Waals surface area contributed by atoms with E-state index in [1.54, 1.807) is 12.1 Å². The van der Waals surface area contributed by atoms with Gasteiger partial charge in [0, 0.05) is 0 Å². The minimum absolute atomic E-state index is 0.210. The van der Waals surface area contributed by atoms with Gasteiger partial charge in [-0.1, -0.05) is 12.1 Å². The van der Waals surface area contributed by atoms with Crippen LogP contribution < -0.4 is 0 Å². The first-order valence-corrected chi connectivity index (χ1v) is 4.63. The summed E-state index contributed by atoms with van der Waals surface area (Å²) in [6, 6.07) is 6.33. The second-order valence-corrected chi connectivity index (χ2v) is 2.53. The van der Waals surface area contributed by atoms with Crippen LogP contribution in [0.4, 0.5) is 0 Å². The van der Waals surface area contributed by atoms with E-state index >= 15 is 0 Å². The minimum Gasteiger partial charge on any atom is -0.465 e. The van der Waals surface area contributed by atoms with Crippen LogP contribution in [-0.4, -0.2) is 26.2 Å². The van der Waals surface area contributed by atoms with Gasteiger partial charge in [-0.25, -0.2) is 9.59 Å². The van der Waals surface area contributed by atoms with Crippen LogP contribution in [0, 0.1) is 25.7 Å². The van der Waals surface area contributed by atoms with Gasteiger partial charge in [0.25, 0.3) is 0 Å². The third kappa shape index (κ3) is 4.87. The van der Waals surface area contributed by atoms with Crippen LogP contribution in [0.1, 0.15) is 20.7 Å². The number of esters is 2. The molecule has 0 heterocycles. The molecule has 1 rings (SSSR count). The van der Waals surface area contributed by atoms with Crippen molar-refractivity contribution >= 4 is 11.9 Å². The summed E-state index contributed by atoms with van der Waals surface area (Å²) >= 11 is 0. The highest BCUT2D eigenvalue weighted by Crippen LogP contribution is 2.10. The fourth-order valence-corrected chi connectivity index (χ4v) is 1.06. The van der Waals surface area contributed by atoms with Crippen LogP contribution >= 0.6 is 0 Å². The molecular formula is C14H14O4. The van der Waals surface area contributed by atoms with Crippen molar-refractivity contribution in [2.45, 2.75) is 0 Å². The van der Waals surface area contributed by atoms with Crippen molar-refractivity contribution in [2.24, 2.45) is 0 Å². The lowest BCUT2D eigenvalue weighted by Crippen LogP contribution is -2.11. The summed E-state index contributed by atoms with van der Waals surface area (Å²) in [5, 5.41) is 0. The van der Waals surface area contributed by atoms with Gasteiger partial charge in [-0.15, -0.1) is 25.7 Å². The Morgan fingerprint density at radius 2 is 1.11 bits per heavy atom. The molecule has 0 spiro atoms. The number of ether oxygens (including phenoxy) is 2. The van der Waals surface area contributed by atoms with Crippen molar-refractivity contribution in [3.8, 4) is 25.7 Å². The average molecular weight is 246 g/mol. The summed E-state index contributed by atoms with van der Waals surface area (Å²) in [4.78, 5) is 22.4. The van der Waals surface area contributed by atoms with Crippen molar-refractivity contribution in [3.05, 3.63) is 35.4 Å². The Bertz CT molecular complexity index is 389. The highest BCUT2D eigenvalue weighted by molar-refractivity contribution is 6.02. The molecule has 0 fully saturated rings. The molecule has 0 aliphatic rings. The van der Waals surface area contributed by atoms with E-state index in [1.165, 1.54) is 26.4 Å². The van der Waals surface area contributed by atoms with Gasteiger partial charge in [-0.2, -0.15) is 0 Å². The van der Waals surface area contributed by atoms with Crippen LogP contribution in [0.25, 0.3) is 0 Å². The SMILES string of the molecule is C#C.C#C.COC(=O)c1ccccc1C(=O)OC. The van der Waals surface area contributed by atoms with E-state index in [2.05, 4.69) is 35.2 Å². The number of hydrogen-bond donors (Lipinski definition) is 0. The van der Waals surface area contributed by atoms with Crippen LogP contribution in [0.3, 0.4) is 0 Å². The first-order valence-electron chi connectivity index (χ1n) is 4.63. The molecule has 0 saturated carbocycles. The predicted molar refractivity (Wildman–Crippen MR) is 68.9 cm³/mol.